The summed E-state index contributed by atoms with van der Waals surface area (Å²) in [5, 5.41) is 7.31. The van der Waals surface area contributed by atoms with Crippen LogP contribution in [-0.4, -0.2) is 41.1 Å². The van der Waals surface area contributed by atoms with Crippen molar-refractivity contribution in [1.82, 2.24) is 20.4 Å². The van der Waals surface area contributed by atoms with Gasteiger partial charge in [-0.05, 0) is 80.2 Å². The number of piperidine rings is 1. The molecule has 8 heteroatoms. The lowest BCUT2D eigenvalue weighted by molar-refractivity contribution is -0.127. The Bertz CT molecular complexity index is 1090. The standard InChI is InChI=1S/C27H33FN4O3/c1-18(2)16-24(19-6-10-23(34-3)11-7-19)29-27(33)21-12-14-32(15-13-21)17-25-30-26(31-35-25)20-4-8-22(28)9-5-20/h4-11,18,21,24H,12-17H2,1-3H3,(H,29,33). The van der Waals surface area contributed by atoms with Gasteiger partial charge in [-0.1, -0.05) is 31.1 Å². The van der Waals surface area contributed by atoms with Crippen molar-refractivity contribution in [3.05, 3.63) is 65.8 Å². The van der Waals surface area contributed by atoms with Crippen LogP contribution in [0.3, 0.4) is 0 Å². The lowest BCUT2D eigenvalue weighted by atomic mass is 9.93. The van der Waals surface area contributed by atoms with Crippen molar-refractivity contribution in [1.29, 1.82) is 0 Å². The smallest absolute Gasteiger partial charge is 0.241 e. The SMILES string of the molecule is COc1ccc(C(CC(C)C)NC(=O)C2CCN(Cc3nc(-c4ccc(F)cc4)no3)CC2)cc1. The van der Waals surface area contributed by atoms with E-state index in [1.165, 1.54) is 12.1 Å². The van der Waals surface area contributed by atoms with Crippen molar-refractivity contribution in [3.63, 3.8) is 0 Å². The van der Waals surface area contributed by atoms with E-state index in [1.807, 2.05) is 24.3 Å². The summed E-state index contributed by atoms with van der Waals surface area (Å²) in [6.07, 6.45) is 2.44. The Morgan fingerprint density at radius 2 is 1.83 bits per heavy atom. The fourth-order valence-electron chi connectivity index (χ4n) is 4.46. The van der Waals surface area contributed by atoms with E-state index in [0.29, 0.717) is 29.7 Å². The Morgan fingerprint density at radius 1 is 1.14 bits per heavy atom. The average Bonchev–Trinajstić information content (AvgIpc) is 3.32. The first-order valence-electron chi connectivity index (χ1n) is 12.2. The van der Waals surface area contributed by atoms with Gasteiger partial charge in [-0.25, -0.2) is 4.39 Å². The van der Waals surface area contributed by atoms with E-state index in [1.54, 1.807) is 19.2 Å². The molecule has 1 N–H and O–H groups in total. The van der Waals surface area contributed by atoms with Crippen LogP contribution >= 0.6 is 0 Å². The zero-order valence-electron chi connectivity index (χ0n) is 20.5. The first-order chi connectivity index (χ1) is 16.9. The molecule has 4 rings (SSSR count). The fourth-order valence-corrected chi connectivity index (χ4v) is 4.46. The van der Waals surface area contributed by atoms with Gasteiger partial charge in [0.15, 0.2) is 0 Å². The van der Waals surface area contributed by atoms with E-state index in [-0.39, 0.29) is 23.7 Å². The topological polar surface area (TPSA) is 80.5 Å². The molecule has 0 saturated carbocycles. The number of likely N-dealkylation sites (tertiary alicyclic amines) is 1. The molecule has 1 saturated heterocycles. The summed E-state index contributed by atoms with van der Waals surface area (Å²) >= 11 is 0. The van der Waals surface area contributed by atoms with E-state index in [2.05, 4.69) is 34.2 Å². The number of methoxy groups -OCH3 is 1. The Morgan fingerprint density at radius 3 is 2.46 bits per heavy atom. The minimum absolute atomic E-state index is 0.0170. The summed E-state index contributed by atoms with van der Waals surface area (Å²) in [6, 6.07) is 13.9. The molecule has 3 aromatic rings. The molecule has 2 aromatic carbocycles. The zero-order valence-corrected chi connectivity index (χ0v) is 20.5. The molecule has 1 amide bonds. The number of amides is 1. The normalized spacial score (nSPS) is 15.8. The number of carbonyl (C=O) groups is 1. The molecule has 0 spiro atoms. The van der Waals surface area contributed by atoms with Crippen LogP contribution in [0.4, 0.5) is 4.39 Å². The monoisotopic (exact) mass is 480 g/mol. The van der Waals surface area contributed by atoms with Crippen LogP contribution in [0.25, 0.3) is 11.4 Å². The molecule has 186 valence electrons. The lowest BCUT2D eigenvalue weighted by Gasteiger charge is -2.31. The molecule has 7 nitrogen and oxygen atoms in total. The van der Waals surface area contributed by atoms with Crippen molar-refractivity contribution >= 4 is 5.91 Å². The number of aromatic nitrogens is 2. The van der Waals surface area contributed by atoms with Gasteiger partial charge < -0.3 is 14.6 Å². The van der Waals surface area contributed by atoms with Crippen LogP contribution in [0.1, 0.15) is 50.6 Å². The first-order valence-corrected chi connectivity index (χ1v) is 12.2. The molecule has 1 aromatic heterocycles. The fraction of sp³-hybridized carbons (Fsp3) is 0.444. The minimum atomic E-state index is -0.302. The van der Waals surface area contributed by atoms with Gasteiger partial charge in [-0.3, -0.25) is 9.69 Å². The predicted octanol–water partition coefficient (Wildman–Crippen LogP) is 5.00. The number of hydrogen-bond donors (Lipinski definition) is 1. The Hall–Kier alpha value is -3.26. The molecule has 0 radical (unpaired) electrons. The summed E-state index contributed by atoms with van der Waals surface area (Å²) in [6.45, 7) is 6.43. The third-order valence-electron chi connectivity index (χ3n) is 6.43. The Kier molecular flexibility index (Phi) is 8.13. The van der Waals surface area contributed by atoms with Crippen molar-refractivity contribution in [2.75, 3.05) is 20.2 Å². The molecule has 1 atom stereocenters. The maximum absolute atomic E-state index is 13.1. The maximum atomic E-state index is 13.1. The van der Waals surface area contributed by atoms with Crippen molar-refractivity contribution in [2.24, 2.45) is 11.8 Å². The summed E-state index contributed by atoms with van der Waals surface area (Å²) in [4.78, 5) is 19.8. The Balaban J connectivity index is 1.30. The van der Waals surface area contributed by atoms with Crippen LogP contribution in [0, 0.1) is 17.7 Å². The van der Waals surface area contributed by atoms with Crippen molar-refractivity contribution in [3.8, 4) is 17.1 Å². The molecule has 2 heterocycles. The molecule has 1 aliphatic rings. The van der Waals surface area contributed by atoms with Crippen molar-refractivity contribution < 1.29 is 18.4 Å². The molecule has 1 fully saturated rings. The second kappa shape index (κ2) is 11.4. The lowest BCUT2D eigenvalue weighted by Crippen LogP contribution is -2.41. The predicted molar refractivity (Wildman–Crippen MR) is 131 cm³/mol. The van der Waals surface area contributed by atoms with E-state index in [4.69, 9.17) is 9.26 Å². The minimum Gasteiger partial charge on any atom is -0.497 e. The molecule has 0 bridgehead atoms. The van der Waals surface area contributed by atoms with Gasteiger partial charge in [0.2, 0.25) is 17.6 Å². The van der Waals surface area contributed by atoms with Crippen LogP contribution in [0.5, 0.6) is 5.75 Å². The number of benzene rings is 2. The van der Waals surface area contributed by atoms with Gasteiger partial charge >= 0.3 is 0 Å². The number of hydrogen-bond acceptors (Lipinski definition) is 6. The zero-order chi connectivity index (χ0) is 24.8. The van der Waals surface area contributed by atoms with Gasteiger partial charge in [-0.2, -0.15) is 4.98 Å². The molecule has 0 aliphatic carbocycles. The number of nitrogens with one attached hydrogen (secondary N) is 1. The summed E-state index contributed by atoms with van der Waals surface area (Å²) in [5.74, 6) is 2.02. The van der Waals surface area contributed by atoms with Crippen LogP contribution < -0.4 is 10.1 Å². The number of halogens is 1. The van der Waals surface area contributed by atoms with Crippen molar-refractivity contribution in [2.45, 2.75) is 45.7 Å². The second-order valence-corrected chi connectivity index (χ2v) is 9.53. The highest BCUT2D eigenvalue weighted by atomic mass is 19.1. The molecular weight excluding hydrogens is 447 g/mol. The van der Waals surface area contributed by atoms with Gasteiger partial charge in [-0.15, -0.1) is 0 Å². The number of ether oxygens (including phenoxy) is 1. The maximum Gasteiger partial charge on any atom is 0.241 e. The van der Waals surface area contributed by atoms with Crippen LogP contribution in [-0.2, 0) is 11.3 Å². The largest absolute Gasteiger partial charge is 0.497 e. The number of carbonyl (C=O) groups excluding carboxylic acids is 1. The van der Waals surface area contributed by atoms with Gasteiger partial charge in [0.25, 0.3) is 0 Å². The third kappa shape index (κ3) is 6.66. The summed E-state index contributed by atoms with van der Waals surface area (Å²) in [5.41, 5.74) is 1.81. The van der Waals surface area contributed by atoms with E-state index in [0.717, 1.165) is 43.7 Å². The molecule has 1 unspecified atom stereocenters. The molecule has 1 aliphatic heterocycles. The van der Waals surface area contributed by atoms with Gasteiger partial charge in [0, 0.05) is 11.5 Å². The van der Waals surface area contributed by atoms with E-state index >= 15 is 0 Å². The highest BCUT2D eigenvalue weighted by molar-refractivity contribution is 5.79. The van der Waals surface area contributed by atoms with E-state index in [9.17, 15) is 9.18 Å². The molecular formula is C27H33FN4O3. The average molecular weight is 481 g/mol. The highest BCUT2D eigenvalue weighted by Gasteiger charge is 2.28. The summed E-state index contributed by atoms with van der Waals surface area (Å²) < 4.78 is 23.8. The quantitative estimate of drug-likeness (QED) is 0.464. The summed E-state index contributed by atoms with van der Waals surface area (Å²) in [7, 11) is 1.65. The first kappa shape index (κ1) is 24.9. The van der Waals surface area contributed by atoms with Crippen LogP contribution in [0.15, 0.2) is 53.1 Å². The second-order valence-electron chi connectivity index (χ2n) is 9.53. The van der Waals surface area contributed by atoms with Gasteiger partial charge in [0.05, 0.1) is 19.7 Å². The van der Waals surface area contributed by atoms with Gasteiger partial charge in [0.1, 0.15) is 11.6 Å². The number of nitrogens with zero attached hydrogens (tertiary/aromatic N) is 3. The van der Waals surface area contributed by atoms with Crippen LogP contribution in [0.2, 0.25) is 0 Å². The highest BCUT2D eigenvalue weighted by Crippen LogP contribution is 2.26. The van der Waals surface area contributed by atoms with E-state index < -0.39 is 0 Å². The third-order valence-corrected chi connectivity index (χ3v) is 6.43. The Labute approximate surface area is 205 Å². The number of rotatable bonds is 9. The molecule has 35 heavy (non-hydrogen) atoms.